The highest BCUT2D eigenvalue weighted by molar-refractivity contribution is 5.68. The molecule has 14 heavy (non-hydrogen) atoms. The maximum absolute atomic E-state index is 11.2. The number of rotatable bonds is 5. The lowest BCUT2D eigenvalue weighted by Gasteiger charge is -2.25. The van der Waals surface area contributed by atoms with Crippen molar-refractivity contribution < 1.29 is 4.79 Å². The molecule has 0 fully saturated rings. The van der Waals surface area contributed by atoms with Gasteiger partial charge in [0.1, 0.15) is 6.29 Å². The van der Waals surface area contributed by atoms with Gasteiger partial charge in [-0.25, -0.2) is 0 Å². The number of allylic oxidation sites excluding steroid dienone is 1. The van der Waals surface area contributed by atoms with Crippen LogP contribution in [0.15, 0.2) is 43.0 Å². The standard InChI is InChI=1S/C13H16O/c1-3-10-13(4-2,11-14)12-8-6-5-7-9-12/h3,5-9,11H,1,4,10H2,2H3/t13-/m1/s1. The molecule has 0 N–H and O–H groups in total. The third-order valence-electron chi connectivity index (χ3n) is 2.71. The zero-order valence-corrected chi connectivity index (χ0v) is 8.57. The maximum atomic E-state index is 11.2. The van der Waals surface area contributed by atoms with Crippen molar-refractivity contribution in [2.24, 2.45) is 0 Å². The molecule has 0 heterocycles. The summed E-state index contributed by atoms with van der Waals surface area (Å²) in [5.41, 5.74) is 0.709. The summed E-state index contributed by atoms with van der Waals surface area (Å²) < 4.78 is 0. The Kier molecular flexibility index (Phi) is 3.63. The molecule has 0 aliphatic heterocycles. The number of benzene rings is 1. The third kappa shape index (κ3) is 1.92. The van der Waals surface area contributed by atoms with Crippen LogP contribution >= 0.6 is 0 Å². The monoisotopic (exact) mass is 188 g/mol. The smallest absolute Gasteiger partial charge is 0.130 e. The van der Waals surface area contributed by atoms with Crippen LogP contribution in [0, 0.1) is 0 Å². The van der Waals surface area contributed by atoms with Crippen LogP contribution < -0.4 is 0 Å². The van der Waals surface area contributed by atoms with Crippen LogP contribution in [0.3, 0.4) is 0 Å². The molecule has 0 unspecified atom stereocenters. The van der Waals surface area contributed by atoms with E-state index in [9.17, 15) is 4.79 Å². The molecule has 1 aromatic rings. The van der Waals surface area contributed by atoms with Crippen molar-refractivity contribution in [3.8, 4) is 0 Å². The Morgan fingerprint density at radius 1 is 1.36 bits per heavy atom. The van der Waals surface area contributed by atoms with Gasteiger partial charge in [0.15, 0.2) is 0 Å². The van der Waals surface area contributed by atoms with Crippen LogP contribution in [-0.4, -0.2) is 6.29 Å². The Labute approximate surface area is 85.5 Å². The lowest BCUT2D eigenvalue weighted by atomic mass is 9.77. The molecule has 1 rings (SSSR count). The van der Waals surface area contributed by atoms with E-state index in [-0.39, 0.29) is 5.41 Å². The van der Waals surface area contributed by atoms with Gasteiger partial charge in [-0.2, -0.15) is 0 Å². The fourth-order valence-electron chi connectivity index (χ4n) is 1.69. The molecule has 0 aromatic heterocycles. The first-order valence-corrected chi connectivity index (χ1v) is 4.92. The van der Waals surface area contributed by atoms with Gasteiger partial charge in [0.05, 0.1) is 5.41 Å². The maximum Gasteiger partial charge on any atom is 0.130 e. The van der Waals surface area contributed by atoms with Gasteiger partial charge in [-0.1, -0.05) is 43.3 Å². The van der Waals surface area contributed by atoms with Gasteiger partial charge in [-0.15, -0.1) is 6.58 Å². The Morgan fingerprint density at radius 3 is 2.43 bits per heavy atom. The van der Waals surface area contributed by atoms with E-state index in [1.165, 1.54) is 0 Å². The van der Waals surface area contributed by atoms with E-state index in [0.29, 0.717) is 6.42 Å². The summed E-state index contributed by atoms with van der Waals surface area (Å²) in [7, 11) is 0. The Bertz CT molecular complexity index is 302. The largest absolute Gasteiger partial charge is 0.302 e. The minimum atomic E-state index is -0.372. The van der Waals surface area contributed by atoms with Gasteiger partial charge in [0.2, 0.25) is 0 Å². The summed E-state index contributed by atoms with van der Waals surface area (Å²) in [4.78, 5) is 11.2. The summed E-state index contributed by atoms with van der Waals surface area (Å²) in [6.07, 6.45) is 4.37. The van der Waals surface area contributed by atoms with Crippen molar-refractivity contribution in [3.05, 3.63) is 48.6 Å². The number of carbonyl (C=O) groups excluding carboxylic acids is 1. The Balaban J connectivity index is 3.09. The van der Waals surface area contributed by atoms with Gasteiger partial charge < -0.3 is 4.79 Å². The molecular formula is C13H16O. The summed E-state index contributed by atoms with van der Waals surface area (Å²) >= 11 is 0. The molecule has 0 spiro atoms. The Morgan fingerprint density at radius 2 is 2.00 bits per heavy atom. The average molecular weight is 188 g/mol. The van der Waals surface area contributed by atoms with E-state index in [4.69, 9.17) is 0 Å². The van der Waals surface area contributed by atoms with Crippen LogP contribution in [-0.2, 0) is 10.2 Å². The van der Waals surface area contributed by atoms with E-state index in [1.54, 1.807) is 0 Å². The Hall–Kier alpha value is -1.37. The second-order valence-corrected chi connectivity index (χ2v) is 3.49. The number of aldehydes is 1. The van der Waals surface area contributed by atoms with Crippen molar-refractivity contribution >= 4 is 6.29 Å². The normalized spacial score (nSPS) is 14.4. The predicted molar refractivity (Wildman–Crippen MR) is 59.3 cm³/mol. The highest BCUT2D eigenvalue weighted by Gasteiger charge is 2.27. The van der Waals surface area contributed by atoms with Crippen LogP contribution in [0.1, 0.15) is 25.3 Å². The van der Waals surface area contributed by atoms with E-state index >= 15 is 0 Å². The molecule has 1 nitrogen and oxygen atoms in total. The molecule has 0 saturated carbocycles. The first-order chi connectivity index (χ1) is 6.79. The van der Waals surface area contributed by atoms with Crippen LogP contribution in [0.2, 0.25) is 0 Å². The fourth-order valence-corrected chi connectivity index (χ4v) is 1.69. The molecule has 1 aromatic carbocycles. The molecule has 74 valence electrons. The molecule has 0 saturated heterocycles. The van der Waals surface area contributed by atoms with Crippen molar-refractivity contribution in [3.63, 3.8) is 0 Å². The van der Waals surface area contributed by atoms with E-state index < -0.39 is 0 Å². The molecular weight excluding hydrogens is 172 g/mol. The quantitative estimate of drug-likeness (QED) is 0.512. The zero-order valence-electron chi connectivity index (χ0n) is 8.57. The summed E-state index contributed by atoms with van der Waals surface area (Å²) in [6, 6.07) is 9.89. The van der Waals surface area contributed by atoms with Gasteiger partial charge in [-0.3, -0.25) is 0 Å². The molecule has 1 atom stereocenters. The SMILES string of the molecule is C=CC[C@@](C=O)(CC)c1ccccc1. The fraction of sp³-hybridized carbons (Fsp3) is 0.308. The predicted octanol–water partition coefficient (Wildman–Crippen LogP) is 3.11. The summed E-state index contributed by atoms with van der Waals surface area (Å²) in [5, 5.41) is 0. The minimum Gasteiger partial charge on any atom is -0.302 e. The first-order valence-electron chi connectivity index (χ1n) is 4.92. The lowest BCUT2D eigenvalue weighted by Crippen LogP contribution is -2.26. The summed E-state index contributed by atoms with van der Waals surface area (Å²) in [5.74, 6) is 0. The summed E-state index contributed by atoms with van der Waals surface area (Å²) in [6.45, 7) is 5.74. The van der Waals surface area contributed by atoms with E-state index in [2.05, 4.69) is 6.58 Å². The van der Waals surface area contributed by atoms with Gasteiger partial charge in [0, 0.05) is 0 Å². The lowest BCUT2D eigenvalue weighted by molar-refractivity contribution is -0.112. The van der Waals surface area contributed by atoms with Crippen molar-refractivity contribution in [1.82, 2.24) is 0 Å². The van der Waals surface area contributed by atoms with Gasteiger partial charge >= 0.3 is 0 Å². The van der Waals surface area contributed by atoms with E-state index in [1.807, 2.05) is 43.3 Å². The van der Waals surface area contributed by atoms with E-state index in [0.717, 1.165) is 18.3 Å². The molecule has 0 aliphatic rings. The zero-order chi connectivity index (χ0) is 10.4. The molecule has 0 bridgehead atoms. The minimum absolute atomic E-state index is 0.372. The van der Waals surface area contributed by atoms with Crippen molar-refractivity contribution in [2.75, 3.05) is 0 Å². The molecule has 0 radical (unpaired) electrons. The number of hydrogen-bond acceptors (Lipinski definition) is 1. The highest BCUT2D eigenvalue weighted by Crippen LogP contribution is 2.29. The molecule has 0 amide bonds. The third-order valence-corrected chi connectivity index (χ3v) is 2.71. The van der Waals surface area contributed by atoms with Gasteiger partial charge in [0.25, 0.3) is 0 Å². The van der Waals surface area contributed by atoms with Crippen LogP contribution in [0.5, 0.6) is 0 Å². The van der Waals surface area contributed by atoms with Gasteiger partial charge in [-0.05, 0) is 18.4 Å². The number of carbonyl (C=O) groups is 1. The first kappa shape index (κ1) is 10.7. The number of hydrogen-bond donors (Lipinski definition) is 0. The topological polar surface area (TPSA) is 17.1 Å². The van der Waals surface area contributed by atoms with Crippen LogP contribution in [0.4, 0.5) is 0 Å². The van der Waals surface area contributed by atoms with Crippen LogP contribution in [0.25, 0.3) is 0 Å². The second-order valence-electron chi connectivity index (χ2n) is 3.49. The highest BCUT2D eigenvalue weighted by atomic mass is 16.1. The molecule has 0 aliphatic carbocycles. The molecule has 1 heteroatoms. The second kappa shape index (κ2) is 4.75. The van der Waals surface area contributed by atoms with Crippen molar-refractivity contribution in [2.45, 2.75) is 25.2 Å². The van der Waals surface area contributed by atoms with Crippen molar-refractivity contribution in [1.29, 1.82) is 0 Å². The average Bonchev–Trinajstić information content (AvgIpc) is 2.27.